The Morgan fingerprint density at radius 1 is 1.32 bits per heavy atom. The number of sulfonamides is 1. The summed E-state index contributed by atoms with van der Waals surface area (Å²) in [6, 6.07) is 4.63. The molecule has 1 N–H and O–H groups in total. The van der Waals surface area contributed by atoms with Crippen molar-refractivity contribution in [1.82, 2.24) is 9.62 Å². The van der Waals surface area contributed by atoms with Crippen LogP contribution in [0.3, 0.4) is 0 Å². The minimum absolute atomic E-state index is 0.0647. The maximum atomic E-state index is 14.7. The largest absolute Gasteiger partial charge is 0.442 e. The first-order valence-electron chi connectivity index (χ1n) is 9.12. The van der Waals surface area contributed by atoms with E-state index in [1.807, 2.05) is 0 Å². The summed E-state index contributed by atoms with van der Waals surface area (Å²) in [6.45, 7) is 2.55. The molecule has 0 aromatic heterocycles. The van der Waals surface area contributed by atoms with Crippen LogP contribution in [0.15, 0.2) is 18.2 Å². The molecule has 2 aliphatic heterocycles. The number of hydrogen-bond donors (Lipinski definition) is 1. The maximum Gasteiger partial charge on any atom is 0.414 e. The van der Waals surface area contributed by atoms with Gasteiger partial charge in [-0.2, -0.15) is 0 Å². The second-order valence-electron chi connectivity index (χ2n) is 7.20. The summed E-state index contributed by atoms with van der Waals surface area (Å²) in [6.07, 6.45) is 1.21. The first kappa shape index (κ1) is 20.5. The molecule has 2 saturated heterocycles. The van der Waals surface area contributed by atoms with Crippen LogP contribution in [0.25, 0.3) is 0 Å². The van der Waals surface area contributed by atoms with Crippen molar-refractivity contribution in [3.05, 3.63) is 29.6 Å². The Labute approximate surface area is 163 Å². The van der Waals surface area contributed by atoms with E-state index in [2.05, 4.69) is 5.32 Å². The molecule has 0 aliphatic carbocycles. The smallest absolute Gasteiger partial charge is 0.414 e. The molecule has 1 atom stereocenters. The third-order valence-corrected chi connectivity index (χ3v) is 6.41. The molecule has 0 spiro atoms. The molecule has 2 heterocycles. The summed E-state index contributed by atoms with van der Waals surface area (Å²) in [4.78, 5) is 24.4. The molecule has 2 aliphatic rings. The van der Waals surface area contributed by atoms with Crippen molar-refractivity contribution < 1.29 is 27.1 Å². The van der Waals surface area contributed by atoms with E-state index in [0.29, 0.717) is 37.2 Å². The zero-order chi connectivity index (χ0) is 20.5. The second kappa shape index (κ2) is 8.04. The number of carbonyl (C=O) groups is 2. The minimum atomic E-state index is -3.23. The highest BCUT2D eigenvalue weighted by Gasteiger charge is 2.33. The van der Waals surface area contributed by atoms with Crippen LogP contribution in [-0.2, 0) is 19.6 Å². The van der Waals surface area contributed by atoms with E-state index >= 15 is 0 Å². The summed E-state index contributed by atoms with van der Waals surface area (Å²) in [5.74, 6) is -0.703. The highest BCUT2D eigenvalue weighted by molar-refractivity contribution is 7.88. The molecule has 2 fully saturated rings. The lowest BCUT2D eigenvalue weighted by Crippen LogP contribution is -2.37. The lowest BCUT2D eigenvalue weighted by atomic mass is 9.89. The Kier molecular flexibility index (Phi) is 5.90. The number of ether oxygens (including phenoxy) is 1. The summed E-state index contributed by atoms with van der Waals surface area (Å²) in [5, 5.41) is 2.59. The number of nitrogens with one attached hydrogen (secondary N) is 1. The van der Waals surface area contributed by atoms with Crippen molar-refractivity contribution in [2.75, 3.05) is 37.3 Å². The molecule has 0 bridgehead atoms. The van der Waals surface area contributed by atoms with Gasteiger partial charge in [-0.25, -0.2) is 21.9 Å². The molecule has 2 amide bonds. The van der Waals surface area contributed by atoms with Crippen LogP contribution < -0.4 is 10.2 Å². The number of rotatable bonds is 5. The standard InChI is InChI=1S/C18H24FN3O5S/c1-12(23)20-10-15-11-22(18(24)27-15)14-3-4-16(17(19)9-14)13-5-7-21(8-6-13)28(2,25)26/h3-4,9,13,15H,5-8,10-11H2,1-2H3,(H,20,23). The summed E-state index contributed by atoms with van der Waals surface area (Å²) in [7, 11) is -3.23. The predicted molar refractivity (Wildman–Crippen MR) is 101 cm³/mol. The van der Waals surface area contributed by atoms with Crippen molar-refractivity contribution in [3.63, 3.8) is 0 Å². The molecule has 1 aromatic rings. The van der Waals surface area contributed by atoms with Crippen molar-refractivity contribution in [3.8, 4) is 0 Å². The van der Waals surface area contributed by atoms with Crippen molar-refractivity contribution in [2.45, 2.75) is 31.8 Å². The van der Waals surface area contributed by atoms with E-state index in [1.54, 1.807) is 12.1 Å². The van der Waals surface area contributed by atoms with Gasteiger partial charge >= 0.3 is 6.09 Å². The van der Waals surface area contributed by atoms with Crippen LogP contribution in [0, 0.1) is 5.82 Å². The summed E-state index contributed by atoms with van der Waals surface area (Å²) < 4.78 is 44.6. The molecule has 1 aromatic carbocycles. The van der Waals surface area contributed by atoms with Crippen LogP contribution in [-0.4, -0.2) is 63.3 Å². The SMILES string of the molecule is CC(=O)NCC1CN(c2ccc(C3CCN(S(C)(=O)=O)CC3)c(F)c2)C(=O)O1. The number of piperidine rings is 1. The molecule has 0 saturated carbocycles. The number of amides is 2. The lowest BCUT2D eigenvalue weighted by Gasteiger charge is -2.30. The van der Waals surface area contributed by atoms with Crippen LogP contribution in [0.1, 0.15) is 31.2 Å². The average molecular weight is 413 g/mol. The number of carbonyl (C=O) groups excluding carboxylic acids is 2. The van der Waals surface area contributed by atoms with Crippen molar-refractivity contribution >= 4 is 27.7 Å². The van der Waals surface area contributed by atoms with E-state index in [0.717, 1.165) is 0 Å². The zero-order valence-electron chi connectivity index (χ0n) is 15.9. The Morgan fingerprint density at radius 2 is 2.00 bits per heavy atom. The highest BCUT2D eigenvalue weighted by atomic mass is 32.2. The number of nitrogens with zero attached hydrogens (tertiary/aromatic N) is 2. The third-order valence-electron chi connectivity index (χ3n) is 5.11. The van der Waals surface area contributed by atoms with Gasteiger partial charge < -0.3 is 10.1 Å². The molecule has 0 radical (unpaired) electrons. The van der Waals surface area contributed by atoms with E-state index in [4.69, 9.17) is 4.74 Å². The Hall–Kier alpha value is -2.20. The maximum absolute atomic E-state index is 14.7. The normalized spacial score (nSPS) is 21.6. The first-order chi connectivity index (χ1) is 13.1. The van der Waals surface area contributed by atoms with Crippen LogP contribution in [0.5, 0.6) is 0 Å². The average Bonchev–Trinajstić information content (AvgIpc) is 3.00. The molecule has 28 heavy (non-hydrogen) atoms. The van der Waals surface area contributed by atoms with Gasteiger partial charge in [0.05, 0.1) is 25.0 Å². The Bertz CT molecular complexity index is 868. The van der Waals surface area contributed by atoms with Crippen LogP contribution >= 0.6 is 0 Å². The van der Waals surface area contributed by atoms with E-state index in [-0.39, 0.29) is 24.9 Å². The Balaban J connectivity index is 1.66. The van der Waals surface area contributed by atoms with Gasteiger partial charge in [0, 0.05) is 20.0 Å². The molecule has 8 nitrogen and oxygen atoms in total. The van der Waals surface area contributed by atoms with Gasteiger partial charge in [0.2, 0.25) is 15.9 Å². The fourth-order valence-corrected chi connectivity index (χ4v) is 4.48. The molecule has 154 valence electrons. The van der Waals surface area contributed by atoms with Gasteiger partial charge in [-0.1, -0.05) is 6.07 Å². The number of hydrogen-bond acceptors (Lipinski definition) is 5. The molecule has 1 unspecified atom stereocenters. The van der Waals surface area contributed by atoms with Crippen LogP contribution in [0.2, 0.25) is 0 Å². The monoisotopic (exact) mass is 413 g/mol. The predicted octanol–water partition coefficient (Wildman–Crippen LogP) is 1.43. The van der Waals surface area contributed by atoms with Gasteiger partial charge in [-0.3, -0.25) is 9.69 Å². The molecule has 3 rings (SSSR count). The summed E-state index contributed by atoms with van der Waals surface area (Å²) in [5.41, 5.74) is 0.921. The minimum Gasteiger partial charge on any atom is -0.442 e. The van der Waals surface area contributed by atoms with E-state index in [9.17, 15) is 22.4 Å². The van der Waals surface area contributed by atoms with Gasteiger partial charge in [0.1, 0.15) is 11.9 Å². The van der Waals surface area contributed by atoms with E-state index in [1.165, 1.54) is 28.5 Å². The van der Waals surface area contributed by atoms with Crippen molar-refractivity contribution in [1.29, 1.82) is 0 Å². The van der Waals surface area contributed by atoms with Crippen molar-refractivity contribution in [2.24, 2.45) is 0 Å². The number of anilines is 1. The second-order valence-corrected chi connectivity index (χ2v) is 9.18. The fourth-order valence-electron chi connectivity index (χ4n) is 3.61. The fraction of sp³-hybridized carbons (Fsp3) is 0.556. The van der Waals surface area contributed by atoms with Crippen LogP contribution in [0.4, 0.5) is 14.9 Å². The zero-order valence-corrected chi connectivity index (χ0v) is 16.7. The molecule has 10 heteroatoms. The number of cyclic esters (lactones) is 1. The van der Waals surface area contributed by atoms with E-state index < -0.39 is 28.0 Å². The van der Waals surface area contributed by atoms with Gasteiger partial charge in [0.25, 0.3) is 0 Å². The quantitative estimate of drug-likeness (QED) is 0.788. The first-order valence-corrected chi connectivity index (χ1v) is 11.0. The lowest BCUT2D eigenvalue weighted by molar-refractivity contribution is -0.119. The molecular formula is C18H24FN3O5S. The van der Waals surface area contributed by atoms with Gasteiger partial charge in [-0.15, -0.1) is 0 Å². The number of benzene rings is 1. The van der Waals surface area contributed by atoms with Gasteiger partial charge in [0.15, 0.2) is 0 Å². The van der Waals surface area contributed by atoms with Gasteiger partial charge in [-0.05, 0) is 36.5 Å². The Morgan fingerprint density at radius 3 is 2.57 bits per heavy atom. The molecular weight excluding hydrogens is 389 g/mol. The topological polar surface area (TPSA) is 96.0 Å². The summed E-state index contributed by atoms with van der Waals surface area (Å²) >= 11 is 0. The number of halogens is 1. The highest BCUT2D eigenvalue weighted by Crippen LogP contribution is 2.33. The third kappa shape index (κ3) is 4.61.